The lowest BCUT2D eigenvalue weighted by Gasteiger charge is -2.20. The Balaban J connectivity index is 1.86. The Kier molecular flexibility index (Phi) is 10.2. The van der Waals surface area contributed by atoms with E-state index in [1.54, 1.807) is 36.5 Å². The second kappa shape index (κ2) is 14.0. The first kappa shape index (κ1) is 30.6. The maximum Gasteiger partial charge on any atom is 0.308 e. The van der Waals surface area contributed by atoms with Gasteiger partial charge in [-0.3, -0.25) is 9.59 Å². The van der Waals surface area contributed by atoms with Crippen molar-refractivity contribution in [3.8, 4) is 22.3 Å². The molecular formula is C33H36FN3O5. The second-order valence-electron chi connectivity index (χ2n) is 10.4. The monoisotopic (exact) mass is 573 g/mol. The molecule has 0 saturated heterocycles. The summed E-state index contributed by atoms with van der Waals surface area (Å²) in [6.07, 6.45) is -0.0190. The van der Waals surface area contributed by atoms with Crippen LogP contribution in [0.15, 0.2) is 79.0 Å². The van der Waals surface area contributed by atoms with E-state index in [2.05, 4.69) is 15.0 Å². The minimum Gasteiger partial charge on any atom is -0.469 e. The van der Waals surface area contributed by atoms with Gasteiger partial charge in [0.2, 0.25) is 0 Å². The Bertz CT molecular complexity index is 1490. The molecule has 0 bridgehead atoms. The van der Waals surface area contributed by atoms with E-state index in [0.717, 1.165) is 22.4 Å². The molecule has 2 aromatic heterocycles. The molecule has 4 rings (SSSR count). The van der Waals surface area contributed by atoms with Crippen molar-refractivity contribution in [3.05, 3.63) is 96.2 Å². The van der Waals surface area contributed by atoms with Crippen molar-refractivity contribution in [1.82, 2.24) is 9.55 Å². The number of methoxy groups -OCH3 is 1. The zero-order valence-corrected chi connectivity index (χ0v) is 24.0. The molecule has 0 radical (unpaired) electrons. The Hall–Kier alpha value is -4.34. The average molecular weight is 574 g/mol. The number of aliphatic hydroxyl groups is 2. The third-order valence-corrected chi connectivity index (χ3v) is 7.03. The number of hydrogen-bond acceptors (Lipinski definition) is 6. The van der Waals surface area contributed by atoms with Gasteiger partial charge in [-0.1, -0.05) is 48.5 Å². The number of carbonyl (C=O) groups excluding carboxylic acids is 2. The summed E-state index contributed by atoms with van der Waals surface area (Å²) in [6.45, 7) is 3.95. The Morgan fingerprint density at radius 2 is 1.60 bits per heavy atom. The van der Waals surface area contributed by atoms with Gasteiger partial charge in [0.05, 0.1) is 25.7 Å². The molecule has 2 aromatic carbocycles. The number of esters is 1. The van der Waals surface area contributed by atoms with Gasteiger partial charge in [0.25, 0.3) is 5.91 Å². The van der Waals surface area contributed by atoms with Crippen LogP contribution in [0.25, 0.3) is 22.3 Å². The van der Waals surface area contributed by atoms with Crippen molar-refractivity contribution in [2.75, 3.05) is 12.4 Å². The van der Waals surface area contributed by atoms with Crippen LogP contribution in [-0.2, 0) is 16.0 Å². The highest BCUT2D eigenvalue weighted by atomic mass is 19.1. The van der Waals surface area contributed by atoms with Crippen LogP contribution in [0.4, 0.5) is 10.2 Å². The third-order valence-electron chi connectivity index (χ3n) is 7.03. The Morgan fingerprint density at radius 3 is 2.21 bits per heavy atom. The molecule has 9 heteroatoms. The second-order valence-corrected chi connectivity index (χ2v) is 10.4. The molecule has 0 spiro atoms. The normalized spacial score (nSPS) is 12.6. The molecule has 3 N–H and O–H groups in total. The number of amides is 1. The van der Waals surface area contributed by atoms with Crippen molar-refractivity contribution < 1.29 is 28.9 Å². The number of nitrogens with one attached hydrogen (secondary N) is 1. The van der Waals surface area contributed by atoms with Crippen molar-refractivity contribution in [3.63, 3.8) is 0 Å². The van der Waals surface area contributed by atoms with Crippen LogP contribution >= 0.6 is 0 Å². The molecule has 2 heterocycles. The number of aromatic nitrogens is 2. The molecular weight excluding hydrogens is 537 g/mol. The number of pyridine rings is 1. The molecule has 0 saturated carbocycles. The van der Waals surface area contributed by atoms with Crippen molar-refractivity contribution >= 4 is 17.7 Å². The number of nitrogens with zero attached hydrogens (tertiary/aromatic N) is 2. The summed E-state index contributed by atoms with van der Waals surface area (Å²) in [7, 11) is 1.24. The molecule has 220 valence electrons. The van der Waals surface area contributed by atoms with Gasteiger partial charge in [-0.25, -0.2) is 9.37 Å². The zero-order valence-electron chi connectivity index (χ0n) is 24.0. The number of ether oxygens (including phenoxy) is 1. The maximum atomic E-state index is 14.0. The van der Waals surface area contributed by atoms with Crippen molar-refractivity contribution in [1.29, 1.82) is 0 Å². The first-order chi connectivity index (χ1) is 20.2. The highest BCUT2D eigenvalue weighted by Gasteiger charge is 2.30. The fraction of sp³-hybridized carbons (Fsp3) is 0.303. The summed E-state index contributed by atoms with van der Waals surface area (Å²) < 4.78 is 20.6. The van der Waals surface area contributed by atoms with E-state index in [1.807, 2.05) is 48.7 Å². The van der Waals surface area contributed by atoms with Gasteiger partial charge in [-0.15, -0.1) is 0 Å². The van der Waals surface area contributed by atoms with Crippen LogP contribution in [0, 0.1) is 5.82 Å². The van der Waals surface area contributed by atoms with Gasteiger partial charge >= 0.3 is 5.97 Å². The fourth-order valence-electron chi connectivity index (χ4n) is 5.20. The van der Waals surface area contributed by atoms with Crippen molar-refractivity contribution in [2.24, 2.45) is 0 Å². The van der Waals surface area contributed by atoms with Gasteiger partial charge in [0, 0.05) is 29.1 Å². The lowest BCUT2D eigenvalue weighted by atomic mass is 9.92. The molecule has 4 aromatic rings. The molecule has 0 fully saturated rings. The highest BCUT2D eigenvalue weighted by molar-refractivity contribution is 6.10. The first-order valence-corrected chi connectivity index (χ1v) is 13.9. The summed E-state index contributed by atoms with van der Waals surface area (Å²) in [5.41, 5.74) is 4.15. The lowest BCUT2D eigenvalue weighted by Crippen LogP contribution is -2.23. The Morgan fingerprint density at radius 1 is 0.929 bits per heavy atom. The molecule has 2 unspecified atom stereocenters. The summed E-state index contributed by atoms with van der Waals surface area (Å²) in [4.78, 5) is 29.9. The van der Waals surface area contributed by atoms with E-state index in [-0.39, 0.29) is 37.0 Å². The predicted molar refractivity (Wildman–Crippen MR) is 159 cm³/mol. The minimum absolute atomic E-state index is 0.0120. The van der Waals surface area contributed by atoms with E-state index in [4.69, 9.17) is 0 Å². The number of rotatable bonds is 12. The van der Waals surface area contributed by atoms with Crippen LogP contribution in [0.2, 0.25) is 0 Å². The van der Waals surface area contributed by atoms with Crippen LogP contribution in [-0.4, -0.2) is 51.0 Å². The van der Waals surface area contributed by atoms with E-state index < -0.39 is 18.2 Å². The van der Waals surface area contributed by atoms with E-state index >= 15 is 0 Å². The van der Waals surface area contributed by atoms with Gasteiger partial charge in [-0.2, -0.15) is 0 Å². The van der Waals surface area contributed by atoms with Gasteiger partial charge in [0.15, 0.2) is 0 Å². The topological polar surface area (TPSA) is 114 Å². The minimum atomic E-state index is -1.06. The Labute approximate surface area is 244 Å². The predicted octanol–water partition coefficient (Wildman–Crippen LogP) is 5.80. The van der Waals surface area contributed by atoms with Crippen LogP contribution in [0.1, 0.15) is 55.3 Å². The number of halogens is 1. The largest absolute Gasteiger partial charge is 0.469 e. The van der Waals surface area contributed by atoms with E-state index in [1.165, 1.54) is 19.2 Å². The summed E-state index contributed by atoms with van der Waals surface area (Å²) in [5, 5.41) is 24.0. The summed E-state index contributed by atoms with van der Waals surface area (Å²) >= 11 is 0. The van der Waals surface area contributed by atoms with E-state index in [9.17, 15) is 24.2 Å². The van der Waals surface area contributed by atoms with Crippen LogP contribution < -0.4 is 5.32 Å². The smallest absolute Gasteiger partial charge is 0.308 e. The van der Waals surface area contributed by atoms with Gasteiger partial charge < -0.3 is 24.8 Å². The average Bonchev–Trinajstić information content (AvgIpc) is 3.33. The van der Waals surface area contributed by atoms with E-state index in [0.29, 0.717) is 23.5 Å². The number of anilines is 1. The molecule has 1 amide bonds. The molecule has 0 aliphatic rings. The van der Waals surface area contributed by atoms with Crippen molar-refractivity contribution in [2.45, 2.75) is 57.8 Å². The third kappa shape index (κ3) is 7.29. The van der Waals surface area contributed by atoms with Crippen LogP contribution in [0.5, 0.6) is 0 Å². The standard InChI is InChI=1S/C33H36FN3O5/c1-21(2)37-27(17-16-25(38)19-26(39)20-29(40)42-3)30(23-12-14-24(34)15-13-23)31(22-9-5-4-6-10-22)32(37)33(41)36-28-11-7-8-18-35-28/h4-15,18,21,25-26,38-39H,16-17,19-20H2,1-3H3,(H,35,36,41). The summed E-state index contributed by atoms with van der Waals surface area (Å²) in [5.74, 6) is -0.895. The zero-order chi connectivity index (χ0) is 30.2. The lowest BCUT2D eigenvalue weighted by molar-refractivity contribution is -0.143. The molecule has 42 heavy (non-hydrogen) atoms. The van der Waals surface area contributed by atoms with Gasteiger partial charge in [-0.05, 0) is 68.5 Å². The molecule has 0 aliphatic carbocycles. The molecule has 0 aliphatic heterocycles. The number of carbonyl (C=O) groups is 2. The van der Waals surface area contributed by atoms with Crippen LogP contribution in [0.3, 0.4) is 0 Å². The number of aliphatic hydroxyl groups excluding tert-OH is 2. The molecule has 2 atom stereocenters. The SMILES string of the molecule is COC(=O)CC(O)CC(O)CCc1c(-c2ccc(F)cc2)c(-c2ccccc2)c(C(=O)Nc2ccccn2)n1C(C)C. The maximum absolute atomic E-state index is 14.0. The van der Waals surface area contributed by atoms with Gasteiger partial charge in [0.1, 0.15) is 17.3 Å². The molecule has 8 nitrogen and oxygen atoms in total. The first-order valence-electron chi connectivity index (χ1n) is 13.9. The quantitative estimate of drug-likeness (QED) is 0.185. The fourth-order valence-corrected chi connectivity index (χ4v) is 5.20. The number of hydrogen-bond donors (Lipinski definition) is 3. The summed E-state index contributed by atoms with van der Waals surface area (Å²) in [6, 6.07) is 20.7. The number of benzene rings is 2. The highest BCUT2D eigenvalue weighted by Crippen LogP contribution is 2.42.